The van der Waals surface area contributed by atoms with Crippen molar-refractivity contribution in [2.75, 3.05) is 0 Å². The summed E-state index contributed by atoms with van der Waals surface area (Å²) in [6.07, 6.45) is 5.14. The monoisotopic (exact) mass is 122 g/mol. The first-order chi connectivity index (χ1) is 4.38. The van der Waals surface area contributed by atoms with Crippen LogP contribution < -0.4 is 0 Å². The first-order valence-electron chi connectivity index (χ1n) is 3.05. The molecule has 9 heavy (non-hydrogen) atoms. The Hall–Kier alpha value is -0.860. The summed E-state index contributed by atoms with van der Waals surface area (Å²) in [5.41, 5.74) is 0. The Morgan fingerprint density at radius 2 is 2.56 bits per heavy atom. The van der Waals surface area contributed by atoms with E-state index in [0.29, 0.717) is 5.92 Å². The minimum absolute atomic E-state index is 0.595. The first-order valence-corrected chi connectivity index (χ1v) is 3.05. The molecule has 3 nitrogen and oxygen atoms in total. The maximum atomic E-state index is 3.96. The van der Waals surface area contributed by atoms with Crippen LogP contribution in [0.3, 0.4) is 0 Å². The van der Waals surface area contributed by atoms with Gasteiger partial charge in [-0.05, 0) is 12.8 Å². The predicted molar refractivity (Wildman–Crippen MR) is 32.7 cm³/mol. The second-order valence-electron chi connectivity index (χ2n) is 2.38. The summed E-state index contributed by atoms with van der Waals surface area (Å²) in [4.78, 5) is 0. The van der Waals surface area contributed by atoms with Crippen LogP contribution in [-0.4, -0.2) is 14.8 Å². The maximum absolute atomic E-state index is 3.96. The van der Waals surface area contributed by atoms with E-state index in [4.69, 9.17) is 0 Å². The summed E-state index contributed by atoms with van der Waals surface area (Å²) in [5.74, 6) is 1.69. The number of nitrogens with zero attached hydrogens (tertiary/aromatic N) is 3. The largest absolute Gasteiger partial charge is 0.320 e. The lowest BCUT2D eigenvalue weighted by atomic mass is 10.4. The molecule has 1 atom stereocenters. The van der Waals surface area contributed by atoms with Gasteiger partial charge in [-0.1, -0.05) is 0 Å². The van der Waals surface area contributed by atoms with Crippen LogP contribution in [0.15, 0.2) is 6.33 Å². The number of hydrogen-bond acceptors (Lipinski definition) is 2. The third-order valence-corrected chi connectivity index (χ3v) is 1.55. The van der Waals surface area contributed by atoms with E-state index in [1.807, 2.05) is 11.6 Å². The van der Waals surface area contributed by atoms with Crippen molar-refractivity contribution in [3.63, 3.8) is 0 Å². The molecule has 3 heteroatoms. The SMILES string of the molecule is Cn1cnnc1[C@H]1[CH]C1. The summed E-state index contributed by atoms with van der Waals surface area (Å²) < 4.78 is 1.97. The van der Waals surface area contributed by atoms with Gasteiger partial charge in [-0.3, -0.25) is 0 Å². The number of aryl methyl sites for hydroxylation is 1. The molecule has 0 saturated heterocycles. The minimum atomic E-state index is 0.595. The Labute approximate surface area is 53.7 Å². The zero-order valence-corrected chi connectivity index (χ0v) is 5.28. The average molecular weight is 122 g/mol. The number of hydrogen-bond donors (Lipinski definition) is 0. The fourth-order valence-electron chi connectivity index (χ4n) is 0.907. The van der Waals surface area contributed by atoms with Crippen LogP contribution in [0.1, 0.15) is 18.2 Å². The molecule has 47 valence electrons. The Morgan fingerprint density at radius 1 is 1.78 bits per heavy atom. The molecule has 0 spiro atoms. The summed E-state index contributed by atoms with van der Waals surface area (Å²) >= 11 is 0. The van der Waals surface area contributed by atoms with Gasteiger partial charge in [0, 0.05) is 13.0 Å². The van der Waals surface area contributed by atoms with Gasteiger partial charge < -0.3 is 4.57 Å². The van der Waals surface area contributed by atoms with Gasteiger partial charge in [0.2, 0.25) is 0 Å². The van der Waals surface area contributed by atoms with Crippen molar-refractivity contribution in [2.24, 2.45) is 7.05 Å². The van der Waals surface area contributed by atoms with Crippen LogP contribution in [0.2, 0.25) is 0 Å². The molecule has 0 N–H and O–H groups in total. The van der Waals surface area contributed by atoms with Crippen LogP contribution >= 0.6 is 0 Å². The van der Waals surface area contributed by atoms with Gasteiger partial charge in [0.1, 0.15) is 12.2 Å². The molecule has 0 amide bonds. The highest BCUT2D eigenvalue weighted by Gasteiger charge is 2.27. The Kier molecular flexibility index (Phi) is 0.860. The van der Waals surface area contributed by atoms with Crippen molar-refractivity contribution < 1.29 is 0 Å². The quantitative estimate of drug-likeness (QED) is 0.543. The average Bonchev–Trinajstić information content (AvgIpc) is 2.58. The van der Waals surface area contributed by atoms with E-state index < -0.39 is 0 Å². The second-order valence-corrected chi connectivity index (χ2v) is 2.38. The molecule has 1 heterocycles. The predicted octanol–water partition coefficient (Wildman–Crippen LogP) is 0.507. The minimum Gasteiger partial charge on any atom is -0.320 e. The molecule has 0 aliphatic heterocycles. The molecule has 2 rings (SSSR count). The van der Waals surface area contributed by atoms with Gasteiger partial charge in [0.15, 0.2) is 0 Å². The fraction of sp³-hybridized carbons (Fsp3) is 0.500. The first kappa shape index (κ1) is 4.97. The lowest BCUT2D eigenvalue weighted by Gasteiger charge is -1.92. The Balaban J connectivity index is 2.35. The van der Waals surface area contributed by atoms with Gasteiger partial charge in [0.05, 0.1) is 0 Å². The van der Waals surface area contributed by atoms with Crippen LogP contribution in [0.25, 0.3) is 0 Å². The van der Waals surface area contributed by atoms with Crippen LogP contribution in [0, 0.1) is 6.42 Å². The van der Waals surface area contributed by atoms with Crippen molar-refractivity contribution in [1.82, 2.24) is 14.8 Å². The topological polar surface area (TPSA) is 30.7 Å². The zero-order valence-electron chi connectivity index (χ0n) is 5.28. The standard InChI is InChI=1S/C6H8N3/c1-9-4-7-8-6(9)5-2-3-5/h2,4-5H,3H2,1H3/t5-/m0/s1. The van der Waals surface area contributed by atoms with Crippen LogP contribution in [-0.2, 0) is 7.05 Å². The van der Waals surface area contributed by atoms with E-state index in [1.165, 1.54) is 6.42 Å². The van der Waals surface area contributed by atoms with Crippen LogP contribution in [0.5, 0.6) is 0 Å². The molecule has 0 unspecified atom stereocenters. The third kappa shape index (κ3) is 0.724. The van der Waals surface area contributed by atoms with E-state index in [1.54, 1.807) is 6.33 Å². The molecule has 1 aromatic heterocycles. The lowest BCUT2D eigenvalue weighted by molar-refractivity contribution is 0.807. The summed E-state index contributed by atoms with van der Waals surface area (Å²) in [6.45, 7) is 0. The van der Waals surface area contributed by atoms with Gasteiger partial charge in [-0.25, -0.2) is 0 Å². The molecule has 1 radical (unpaired) electrons. The van der Waals surface area contributed by atoms with Gasteiger partial charge >= 0.3 is 0 Å². The molecule has 0 bridgehead atoms. The Bertz CT molecular complexity index is 212. The zero-order chi connectivity index (χ0) is 6.27. The van der Waals surface area contributed by atoms with E-state index >= 15 is 0 Å². The molecule has 1 aliphatic carbocycles. The van der Waals surface area contributed by atoms with Crippen molar-refractivity contribution in [1.29, 1.82) is 0 Å². The van der Waals surface area contributed by atoms with Gasteiger partial charge in [0.25, 0.3) is 0 Å². The molecule has 1 aromatic rings. The van der Waals surface area contributed by atoms with Crippen molar-refractivity contribution >= 4 is 0 Å². The molecule has 1 fully saturated rings. The van der Waals surface area contributed by atoms with E-state index in [9.17, 15) is 0 Å². The molecule has 0 aromatic carbocycles. The van der Waals surface area contributed by atoms with E-state index in [0.717, 1.165) is 5.82 Å². The van der Waals surface area contributed by atoms with Crippen LogP contribution in [0.4, 0.5) is 0 Å². The van der Waals surface area contributed by atoms with Gasteiger partial charge in [-0.15, -0.1) is 10.2 Å². The molecular weight excluding hydrogens is 114 g/mol. The second kappa shape index (κ2) is 1.56. The smallest absolute Gasteiger partial charge is 0.135 e. The highest BCUT2D eigenvalue weighted by Crippen LogP contribution is 2.36. The normalized spacial score (nSPS) is 18.3. The molecular formula is C6H8N3. The summed E-state index contributed by atoms with van der Waals surface area (Å²) in [5, 5.41) is 7.74. The van der Waals surface area contributed by atoms with E-state index in [-0.39, 0.29) is 0 Å². The summed E-state index contributed by atoms with van der Waals surface area (Å²) in [7, 11) is 1.97. The molecule has 1 saturated carbocycles. The van der Waals surface area contributed by atoms with Gasteiger partial charge in [-0.2, -0.15) is 0 Å². The fourth-order valence-corrected chi connectivity index (χ4v) is 0.907. The van der Waals surface area contributed by atoms with Crippen molar-refractivity contribution in [3.05, 3.63) is 18.6 Å². The number of rotatable bonds is 1. The van der Waals surface area contributed by atoms with Crippen molar-refractivity contribution in [2.45, 2.75) is 12.3 Å². The highest BCUT2D eigenvalue weighted by molar-refractivity contribution is 5.15. The lowest BCUT2D eigenvalue weighted by Crippen LogP contribution is -1.93. The maximum Gasteiger partial charge on any atom is 0.135 e. The molecule has 1 aliphatic rings. The highest BCUT2D eigenvalue weighted by atomic mass is 15.3. The van der Waals surface area contributed by atoms with E-state index in [2.05, 4.69) is 16.6 Å². The summed E-state index contributed by atoms with van der Waals surface area (Å²) in [6, 6.07) is 0. The third-order valence-electron chi connectivity index (χ3n) is 1.55. The number of aromatic nitrogens is 3. The van der Waals surface area contributed by atoms with Crippen molar-refractivity contribution in [3.8, 4) is 0 Å². The Morgan fingerprint density at radius 3 is 3.00 bits per heavy atom.